The van der Waals surface area contributed by atoms with Gasteiger partial charge >= 0.3 is 0 Å². The van der Waals surface area contributed by atoms with E-state index in [2.05, 4.69) is 10.3 Å². The van der Waals surface area contributed by atoms with Crippen molar-refractivity contribution in [3.8, 4) is 0 Å². The molecule has 1 aromatic heterocycles. The number of carbonyl (C=O) groups excluding carboxylic acids is 1. The SMILES string of the molecule is Nc1ccccn1.O=C(NC(c1c(F)ccc(Cl)c1Cl)C12CCC(F)(CC1)C2)C1CCCC1. The summed E-state index contributed by atoms with van der Waals surface area (Å²) in [5.74, 6) is -0.0373. The van der Waals surface area contributed by atoms with Crippen LogP contribution in [0.15, 0.2) is 36.5 Å². The number of nitrogens with two attached hydrogens (primary N) is 1. The first kappa shape index (κ1) is 24.2. The molecule has 33 heavy (non-hydrogen) atoms. The molecule has 178 valence electrons. The van der Waals surface area contributed by atoms with Crippen molar-refractivity contribution < 1.29 is 13.6 Å². The van der Waals surface area contributed by atoms with Crippen LogP contribution in [0.25, 0.3) is 0 Å². The molecule has 0 radical (unpaired) electrons. The molecule has 8 heteroatoms. The van der Waals surface area contributed by atoms with Crippen LogP contribution < -0.4 is 11.1 Å². The highest BCUT2D eigenvalue weighted by molar-refractivity contribution is 6.42. The molecule has 0 saturated heterocycles. The maximum absolute atomic E-state index is 14.9. The zero-order valence-corrected chi connectivity index (χ0v) is 19.9. The van der Waals surface area contributed by atoms with Crippen LogP contribution in [-0.2, 0) is 4.79 Å². The Bertz CT molecular complexity index is 991. The van der Waals surface area contributed by atoms with Gasteiger partial charge in [-0.3, -0.25) is 4.79 Å². The summed E-state index contributed by atoms with van der Waals surface area (Å²) in [4.78, 5) is 16.6. The lowest BCUT2D eigenvalue weighted by atomic mass is 9.74. The Morgan fingerprint density at radius 3 is 2.33 bits per heavy atom. The van der Waals surface area contributed by atoms with Gasteiger partial charge in [0.2, 0.25) is 5.91 Å². The van der Waals surface area contributed by atoms with Gasteiger partial charge in [-0.15, -0.1) is 0 Å². The molecule has 1 unspecified atom stereocenters. The number of fused-ring (bicyclic) bond motifs is 2. The highest BCUT2D eigenvalue weighted by Crippen LogP contribution is 2.64. The highest BCUT2D eigenvalue weighted by Gasteiger charge is 2.59. The number of amides is 1. The van der Waals surface area contributed by atoms with Gasteiger partial charge in [-0.1, -0.05) is 42.1 Å². The molecule has 1 aromatic carbocycles. The van der Waals surface area contributed by atoms with Crippen LogP contribution in [0.5, 0.6) is 0 Å². The first-order chi connectivity index (χ1) is 15.7. The number of aromatic nitrogens is 1. The van der Waals surface area contributed by atoms with Gasteiger partial charge in [0, 0.05) is 17.7 Å². The molecule has 3 aliphatic rings. The molecule has 3 saturated carbocycles. The number of benzene rings is 1. The minimum atomic E-state index is -1.20. The number of nitrogens with one attached hydrogen (secondary N) is 1. The summed E-state index contributed by atoms with van der Waals surface area (Å²) in [6.07, 6.45) is 7.96. The average Bonchev–Trinajstić information content (AvgIpc) is 3.52. The molecule has 1 amide bonds. The zero-order valence-electron chi connectivity index (χ0n) is 18.4. The summed E-state index contributed by atoms with van der Waals surface area (Å²) < 4.78 is 29.6. The number of rotatable bonds is 4. The van der Waals surface area contributed by atoms with Crippen molar-refractivity contribution in [3.63, 3.8) is 0 Å². The number of nitrogen functional groups attached to an aromatic ring is 1. The van der Waals surface area contributed by atoms with Crippen LogP contribution in [0.2, 0.25) is 10.0 Å². The molecule has 2 aromatic rings. The van der Waals surface area contributed by atoms with Crippen LogP contribution in [0.4, 0.5) is 14.6 Å². The van der Waals surface area contributed by atoms with Crippen molar-refractivity contribution in [2.24, 2.45) is 11.3 Å². The molecule has 3 fully saturated rings. The van der Waals surface area contributed by atoms with Crippen molar-refractivity contribution in [1.29, 1.82) is 0 Å². The monoisotopic (exact) mass is 495 g/mol. The van der Waals surface area contributed by atoms with Crippen molar-refractivity contribution in [2.45, 2.75) is 69.5 Å². The minimum absolute atomic E-state index is 0.0483. The van der Waals surface area contributed by atoms with E-state index in [9.17, 15) is 13.6 Å². The zero-order chi connectivity index (χ0) is 23.6. The minimum Gasteiger partial charge on any atom is -0.384 e. The third-order valence-electron chi connectivity index (χ3n) is 7.49. The molecule has 3 aliphatic carbocycles. The van der Waals surface area contributed by atoms with Gasteiger partial charge in [-0.05, 0) is 74.6 Å². The predicted molar refractivity (Wildman–Crippen MR) is 127 cm³/mol. The summed E-state index contributed by atoms with van der Waals surface area (Å²) in [7, 11) is 0. The summed E-state index contributed by atoms with van der Waals surface area (Å²) in [5, 5.41) is 3.45. The lowest BCUT2D eigenvalue weighted by molar-refractivity contribution is -0.126. The number of pyridine rings is 1. The number of halogens is 4. The van der Waals surface area contributed by atoms with E-state index in [0.717, 1.165) is 25.7 Å². The fraction of sp³-hybridized carbons (Fsp3) is 0.520. The smallest absolute Gasteiger partial charge is 0.223 e. The van der Waals surface area contributed by atoms with Crippen LogP contribution in [0, 0.1) is 17.2 Å². The van der Waals surface area contributed by atoms with E-state index in [0.29, 0.717) is 37.9 Å². The standard InChI is InChI=1S/C20H23Cl2F2NO.C5H6N2/c21-13-5-6-14(23)15(16(13)22)17(25-18(26)12-3-1-2-4-12)19-7-9-20(24,11-19)10-8-19;6-5-3-1-2-4-7-5/h5-6,12,17H,1-4,7-11H2,(H,25,26);1-4H,(H2,6,7). The number of alkyl halides is 1. The van der Waals surface area contributed by atoms with Crippen molar-refractivity contribution in [1.82, 2.24) is 10.3 Å². The van der Waals surface area contributed by atoms with Gasteiger partial charge in [-0.2, -0.15) is 0 Å². The summed E-state index contributed by atoms with van der Waals surface area (Å²) in [5.41, 5.74) is 3.78. The average molecular weight is 496 g/mol. The van der Waals surface area contributed by atoms with Crippen LogP contribution in [0.3, 0.4) is 0 Å². The third-order valence-corrected chi connectivity index (χ3v) is 8.31. The largest absolute Gasteiger partial charge is 0.384 e. The Balaban J connectivity index is 0.000000318. The summed E-state index contributed by atoms with van der Waals surface area (Å²) in [6.45, 7) is 0. The number of carbonyl (C=O) groups is 1. The van der Waals surface area contributed by atoms with Crippen molar-refractivity contribution in [2.75, 3.05) is 5.73 Å². The van der Waals surface area contributed by atoms with E-state index in [1.165, 1.54) is 12.1 Å². The Morgan fingerprint density at radius 2 is 1.82 bits per heavy atom. The number of hydrogen-bond donors (Lipinski definition) is 2. The van der Waals surface area contributed by atoms with Crippen molar-refractivity contribution in [3.05, 3.63) is 58.0 Å². The Labute approximate surface area is 203 Å². The quantitative estimate of drug-likeness (QED) is 0.457. The fourth-order valence-corrected chi connectivity index (χ4v) is 6.16. The molecule has 4 nitrogen and oxygen atoms in total. The fourth-order valence-electron chi connectivity index (χ4n) is 5.73. The molecule has 2 bridgehead atoms. The molecule has 1 atom stereocenters. The predicted octanol–water partition coefficient (Wildman–Crippen LogP) is 6.82. The highest BCUT2D eigenvalue weighted by atomic mass is 35.5. The Kier molecular flexibility index (Phi) is 7.15. The number of anilines is 1. The second kappa shape index (κ2) is 9.75. The second-order valence-corrected chi connectivity index (χ2v) is 10.4. The van der Waals surface area contributed by atoms with Gasteiger partial charge in [0.05, 0.1) is 16.1 Å². The Morgan fingerprint density at radius 1 is 1.12 bits per heavy atom. The van der Waals surface area contributed by atoms with E-state index in [-0.39, 0.29) is 27.4 Å². The normalized spacial score (nSPS) is 27.2. The first-order valence-electron chi connectivity index (χ1n) is 11.5. The molecular formula is C25H29Cl2F2N3O. The molecular weight excluding hydrogens is 467 g/mol. The molecule has 3 N–H and O–H groups in total. The van der Waals surface area contributed by atoms with E-state index < -0.39 is 22.9 Å². The molecule has 1 heterocycles. The molecule has 0 spiro atoms. The van der Waals surface area contributed by atoms with Crippen LogP contribution >= 0.6 is 23.2 Å². The second-order valence-electron chi connectivity index (χ2n) is 9.62. The summed E-state index contributed by atoms with van der Waals surface area (Å²) in [6, 6.07) is 7.49. The van der Waals surface area contributed by atoms with Gasteiger partial charge in [-0.25, -0.2) is 13.8 Å². The lowest BCUT2D eigenvalue weighted by Gasteiger charge is -2.38. The van der Waals surface area contributed by atoms with Gasteiger partial charge in [0.25, 0.3) is 0 Å². The van der Waals surface area contributed by atoms with Crippen LogP contribution in [-0.4, -0.2) is 16.6 Å². The third kappa shape index (κ3) is 5.12. The van der Waals surface area contributed by atoms with E-state index in [1.54, 1.807) is 12.3 Å². The van der Waals surface area contributed by atoms with Crippen LogP contribution in [0.1, 0.15) is 69.4 Å². The number of nitrogens with zero attached hydrogens (tertiary/aromatic N) is 1. The number of hydrogen-bond acceptors (Lipinski definition) is 3. The first-order valence-corrected chi connectivity index (χ1v) is 12.3. The molecule has 5 rings (SSSR count). The van der Waals surface area contributed by atoms with Gasteiger partial charge in [0.15, 0.2) is 0 Å². The topological polar surface area (TPSA) is 68.0 Å². The van der Waals surface area contributed by atoms with Gasteiger partial charge in [0.1, 0.15) is 17.3 Å². The van der Waals surface area contributed by atoms with E-state index >= 15 is 0 Å². The maximum atomic E-state index is 14.9. The van der Waals surface area contributed by atoms with E-state index in [4.69, 9.17) is 28.9 Å². The van der Waals surface area contributed by atoms with Gasteiger partial charge < -0.3 is 11.1 Å². The lowest BCUT2D eigenvalue weighted by Crippen LogP contribution is -2.42. The maximum Gasteiger partial charge on any atom is 0.223 e. The summed E-state index contributed by atoms with van der Waals surface area (Å²) >= 11 is 12.5. The van der Waals surface area contributed by atoms with Crippen molar-refractivity contribution >= 4 is 34.9 Å². The Hall–Kier alpha value is -1.92. The van der Waals surface area contributed by atoms with E-state index in [1.807, 2.05) is 12.1 Å². The molecule has 0 aliphatic heterocycles.